The number of thioether (sulfide) groups is 1. The van der Waals surface area contributed by atoms with Gasteiger partial charge in [0.05, 0.1) is 10.6 Å². The molecule has 1 amide bonds. The first kappa shape index (κ1) is 17.7. The number of amidine groups is 1. The topological polar surface area (TPSA) is 35.9 Å². The van der Waals surface area contributed by atoms with Crippen LogP contribution in [0.2, 0.25) is 0 Å². The summed E-state index contributed by atoms with van der Waals surface area (Å²) in [4.78, 5) is 20.9. The molecular formula is C20H17F2N3OS. The fourth-order valence-electron chi connectivity index (χ4n) is 3.09. The number of para-hydroxylation sites is 1. The lowest BCUT2D eigenvalue weighted by Gasteiger charge is -2.36. The van der Waals surface area contributed by atoms with Crippen molar-refractivity contribution in [2.75, 3.05) is 31.1 Å². The number of hydrogen-bond acceptors (Lipinski definition) is 4. The average Bonchev–Trinajstić information content (AvgIpc) is 3.05. The third-order valence-electron chi connectivity index (χ3n) is 4.52. The lowest BCUT2D eigenvalue weighted by atomic mass is 10.2. The first-order valence-corrected chi connectivity index (χ1v) is 9.44. The quantitative estimate of drug-likeness (QED) is 0.738. The predicted octanol–water partition coefficient (Wildman–Crippen LogP) is 3.76. The Morgan fingerprint density at radius 3 is 2.30 bits per heavy atom. The van der Waals surface area contributed by atoms with Crippen LogP contribution in [0.15, 0.2) is 58.4 Å². The van der Waals surface area contributed by atoms with Gasteiger partial charge in [0, 0.05) is 26.2 Å². The Balaban J connectivity index is 1.41. The molecule has 0 saturated carbocycles. The van der Waals surface area contributed by atoms with Crippen LogP contribution in [0.3, 0.4) is 0 Å². The number of nitrogens with zero attached hydrogens (tertiary/aromatic N) is 3. The third kappa shape index (κ3) is 3.88. The normalized spacial score (nSPS) is 19.0. The first-order valence-electron chi connectivity index (χ1n) is 8.63. The number of carbonyl (C=O) groups is 1. The molecule has 0 aromatic heterocycles. The second kappa shape index (κ2) is 7.52. The van der Waals surface area contributed by atoms with Crippen molar-refractivity contribution in [2.45, 2.75) is 0 Å². The van der Waals surface area contributed by atoms with E-state index in [1.807, 2.05) is 15.9 Å². The molecule has 0 aliphatic carbocycles. The van der Waals surface area contributed by atoms with E-state index in [-0.39, 0.29) is 17.5 Å². The number of carbonyl (C=O) groups excluding carboxylic acids is 1. The van der Waals surface area contributed by atoms with Crippen LogP contribution in [0.5, 0.6) is 0 Å². The van der Waals surface area contributed by atoms with Crippen molar-refractivity contribution in [3.05, 3.63) is 70.6 Å². The highest BCUT2D eigenvalue weighted by molar-refractivity contribution is 8.18. The van der Waals surface area contributed by atoms with Crippen molar-refractivity contribution in [1.82, 2.24) is 4.90 Å². The van der Waals surface area contributed by atoms with Gasteiger partial charge in [-0.25, -0.2) is 8.78 Å². The monoisotopic (exact) mass is 385 g/mol. The average molecular weight is 385 g/mol. The van der Waals surface area contributed by atoms with E-state index in [2.05, 4.69) is 4.99 Å². The maximum absolute atomic E-state index is 13.9. The number of piperazine rings is 1. The van der Waals surface area contributed by atoms with Gasteiger partial charge < -0.3 is 9.80 Å². The number of benzene rings is 2. The molecule has 0 bridgehead atoms. The van der Waals surface area contributed by atoms with Crippen molar-refractivity contribution in [3.8, 4) is 0 Å². The Morgan fingerprint density at radius 2 is 1.59 bits per heavy atom. The second-order valence-electron chi connectivity index (χ2n) is 6.29. The van der Waals surface area contributed by atoms with Crippen molar-refractivity contribution < 1.29 is 13.6 Å². The van der Waals surface area contributed by atoms with Gasteiger partial charge in [0.25, 0.3) is 5.91 Å². The van der Waals surface area contributed by atoms with E-state index in [9.17, 15) is 13.6 Å². The van der Waals surface area contributed by atoms with Crippen LogP contribution in [0.25, 0.3) is 6.08 Å². The predicted molar refractivity (Wildman–Crippen MR) is 105 cm³/mol. The maximum atomic E-state index is 13.9. The van der Waals surface area contributed by atoms with Gasteiger partial charge in [-0.1, -0.05) is 24.3 Å². The van der Waals surface area contributed by atoms with Gasteiger partial charge in [-0.3, -0.25) is 4.79 Å². The van der Waals surface area contributed by atoms with Gasteiger partial charge in [0.2, 0.25) is 0 Å². The van der Waals surface area contributed by atoms with Crippen LogP contribution < -0.4 is 4.90 Å². The Hall–Kier alpha value is -2.67. The van der Waals surface area contributed by atoms with E-state index in [4.69, 9.17) is 0 Å². The zero-order chi connectivity index (χ0) is 18.8. The van der Waals surface area contributed by atoms with Crippen molar-refractivity contribution in [2.24, 2.45) is 4.99 Å². The Labute approximate surface area is 160 Å². The zero-order valence-corrected chi connectivity index (χ0v) is 15.3. The van der Waals surface area contributed by atoms with Crippen LogP contribution in [0.1, 0.15) is 5.56 Å². The number of hydrogen-bond donors (Lipinski definition) is 0. The molecule has 138 valence electrons. The molecule has 2 aliphatic heterocycles. The van der Waals surface area contributed by atoms with Crippen LogP contribution >= 0.6 is 11.8 Å². The smallest absolute Gasteiger partial charge is 0.286 e. The molecule has 0 atom stereocenters. The molecule has 2 aromatic rings. The molecule has 0 unspecified atom stereocenters. The van der Waals surface area contributed by atoms with Crippen molar-refractivity contribution >= 4 is 34.6 Å². The molecule has 0 N–H and O–H groups in total. The number of amides is 1. The summed E-state index contributed by atoms with van der Waals surface area (Å²) < 4.78 is 27.0. The molecule has 7 heteroatoms. The number of anilines is 1. The van der Waals surface area contributed by atoms with Crippen LogP contribution in [-0.4, -0.2) is 42.2 Å². The fourth-order valence-corrected chi connectivity index (χ4v) is 4.06. The maximum Gasteiger partial charge on any atom is 0.286 e. The third-order valence-corrected chi connectivity index (χ3v) is 5.56. The minimum absolute atomic E-state index is 0.224. The van der Waals surface area contributed by atoms with Gasteiger partial charge in [0.15, 0.2) is 5.17 Å². The molecule has 0 spiro atoms. The highest BCUT2D eigenvalue weighted by atomic mass is 32.2. The number of aliphatic imine (C=N–C) groups is 1. The molecule has 4 rings (SSSR count). The van der Waals surface area contributed by atoms with E-state index in [1.54, 1.807) is 30.3 Å². The Morgan fingerprint density at radius 1 is 0.926 bits per heavy atom. The van der Waals surface area contributed by atoms with Crippen LogP contribution in [0.4, 0.5) is 14.5 Å². The fraction of sp³-hybridized carbons (Fsp3) is 0.200. The summed E-state index contributed by atoms with van der Waals surface area (Å²) in [7, 11) is 0. The summed E-state index contributed by atoms with van der Waals surface area (Å²) >= 11 is 1.33. The number of halogens is 2. The van der Waals surface area contributed by atoms with Crippen molar-refractivity contribution in [1.29, 1.82) is 0 Å². The van der Waals surface area contributed by atoms with Gasteiger partial charge in [0.1, 0.15) is 11.6 Å². The molecule has 1 saturated heterocycles. The summed E-state index contributed by atoms with van der Waals surface area (Å²) in [6.07, 6.45) is 1.72. The first-order chi connectivity index (χ1) is 13.1. The molecule has 1 fully saturated rings. The van der Waals surface area contributed by atoms with E-state index < -0.39 is 0 Å². The molecule has 0 radical (unpaired) electrons. The van der Waals surface area contributed by atoms with E-state index in [0.717, 1.165) is 5.56 Å². The zero-order valence-electron chi connectivity index (χ0n) is 14.4. The molecule has 27 heavy (non-hydrogen) atoms. The van der Waals surface area contributed by atoms with Crippen LogP contribution in [-0.2, 0) is 4.79 Å². The summed E-state index contributed by atoms with van der Waals surface area (Å²) in [6.45, 7) is 2.64. The molecule has 2 heterocycles. The standard InChI is InChI=1S/C20H17F2N3OS/c21-15-7-5-14(6-8-15)13-18-19(26)23-20(27-18)25-11-9-24(10-12-25)17-4-2-1-3-16(17)22/h1-8,13H,9-12H2/b18-13-. The molecular weight excluding hydrogens is 368 g/mol. The summed E-state index contributed by atoms with van der Waals surface area (Å²) in [5, 5.41) is 0.668. The highest BCUT2D eigenvalue weighted by Crippen LogP contribution is 2.31. The summed E-state index contributed by atoms with van der Waals surface area (Å²) in [5.74, 6) is -0.818. The van der Waals surface area contributed by atoms with Crippen molar-refractivity contribution in [3.63, 3.8) is 0 Å². The largest absolute Gasteiger partial charge is 0.366 e. The minimum Gasteiger partial charge on any atom is -0.366 e. The van der Waals surface area contributed by atoms with Gasteiger partial charge >= 0.3 is 0 Å². The van der Waals surface area contributed by atoms with E-state index in [1.165, 1.54) is 30.0 Å². The summed E-state index contributed by atoms with van der Waals surface area (Å²) in [6, 6.07) is 12.7. The lowest BCUT2D eigenvalue weighted by molar-refractivity contribution is -0.113. The summed E-state index contributed by atoms with van der Waals surface area (Å²) in [5.41, 5.74) is 1.36. The molecule has 2 aliphatic rings. The van der Waals surface area contributed by atoms with E-state index in [0.29, 0.717) is 41.9 Å². The Kier molecular flexibility index (Phi) is 4.94. The minimum atomic E-state index is -0.313. The highest BCUT2D eigenvalue weighted by Gasteiger charge is 2.29. The van der Waals surface area contributed by atoms with Gasteiger partial charge in [-0.2, -0.15) is 4.99 Å². The van der Waals surface area contributed by atoms with Gasteiger partial charge in [-0.05, 0) is 47.7 Å². The lowest BCUT2D eigenvalue weighted by Crippen LogP contribution is -2.48. The van der Waals surface area contributed by atoms with Crippen LogP contribution in [0, 0.1) is 11.6 Å². The Bertz CT molecular complexity index is 919. The number of rotatable bonds is 2. The second-order valence-corrected chi connectivity index (χ2v) is 7.30. The molecule has 4 nitrogen and oxygen atoms in total. The molecule has 2 aromatic carbocycles. The van der Waals surface area contributed by atoms with Gasteiger partial charge in [-0.15, -0.1) is 0 Å². The SMILES string of the molecule is O=C1N=C(N2CCN(c3ccccc3F)CC2)S/C1=C\c1ccc(F)cc1. The van der Waals surface area contributed by atoms with E-state index >= 15 is 0 Å².